The molecule has 0 spiro atoms. The first kappa shape index (κ1) is 8.00. The fourth-order valence-corrected chi connectivity index (χ4v) is 1.09. The first-order chi connectivity index (χ1) is 5.25. The van der Waals surface area contributed by atoms with Gasteiger partial charge in [0.2, 0.25) is 5.91 Å². The topological polar surface area (TPSA) is 76.7 Å². The van der Waals surface area contributed by atoms with Crippen molar-refractivity contribution in [1.82, 2.24) is 5.32 Å². The van der Waals surface area contributed by atoms with E-state index in [1.807, 2.05) is 0 Å². The minimum Gasteiger partial charge on any atom is -0.399 e. The molecule has 1 fully saturated rings. The first-order valence-electron chi connectivity index (χ1n) is 3.38. The molecule has 1 unspecified atom stereocenters. The van der Waals surface area contributed by atoms with Crippen LogP contribution in [0.15, 0.2) is 5.16 Å². The van der Waals surface area contributed by atoms with Crippen LogP contribution < -0.4 is 11.1 Å². The second kappa shape index (κ2) is 3.34. The number of carbonyl (C=O) groups is 1. The van der Waals surface area contributed by atoms with Crippen molar-refractivity contribution in [3.63, 3.8) is 0 Å². The van der Waals surface area contributed by atoms with Gasteiger partial charge in [-0.15, -0.1) is 0 Å². The van der Waals surface area contributed by atoms with E-state index in [2.05, 4.69) is 15.3 Å². The molecule has 0 aromatic heterocycles. The highest BCUT2D eigenvalue weighted by molar-refractivity contribution is 6.08. The average molecular weight is 157 g/mol. The summed E-state index contributed by atoms with van der Waals surface area (Å²) in [6.45, 7) is 0.732. The summed E-state index contributed by atoms with van der Waals surface area (Å²) >= 11 is 0. The molecule has 1 saturated heterocycles. The van der Waals surface area contributed by atoms with Gasteiger partial charge in [-0.25, -0.2) is 0 Å². The molecule has 5 nitrogen and oxygen atoms in total. The molecule has 62 valence electrons. The number of nitrogens with two attached hydrogens (primary N) is 1. The number of hydrogen-bond acceptors (Lipinski definition) is 4. The van der Waals surface area contributed by atoms with Gasteiger partial charge in [0, 0.05) is 13.0 Å². The Morgan fingerprint density at radius 1 is 1.91 bits per heavy atom. The van der Waals surface area contributed by atoms with Crippen LogP contribution in [0.25, 0.3) is 0 Å². The molecule has 0 aromatic carbocycles. The summed E-state index contributed by atoms with van der Waals surface area (Å²) in [6, 6.07) is -0.435. The Balaban J connectivity index is 2.65. The van der Waals surface area contributed by atoms with Crippen molar-refractivity contribution < 1.29 is 9.63 Å². The number of rotatable bonds is 2. The Morgan fingerprint density at radius 3 is 3.18 bits per heavy atom. The lowest BCUT2D eigenvalue weighted by molar-refractivity contribution is -0.118. The van der Waals surface area contributed by atoms with Crippen LogP contribution in [0.3, 0.4) is 0 Å². The van der Waals surface area contributed by atoms with Crippen molar-refractivity contribution in [3.05, 3.63) is 0 Å². The predicted octanol–water partition coefficient (Wildman–Crippen LogP) is -1.16. The van der Waals surface area contributed by atoms with Crippen molar-refractivity contribution in [1.29, 1.82) is 0 Å². The normalized spacial score (nSPS) is 27.4. The lowest BCUT2D eigenvalue weighted by Gasteiger charge is -2.04. The molecule has 0 radical (unpaired) electrons. The third kappa shape index (κ3) is 1.68. The quantitative estimate of drug-likeness (QED) is 0.496. The number of nitrogens with zero attached hydrogens (tertiary/aromatic N) is 1. The Bertz CT molecular complexity index is 190. The first-order valence-corrected chi connectivity index (χ1v) is 3.38. The summed E-state index contributed by atoms with van der Waals surface area (Å²) in [6.07, 6.45) is 0.724. The summed E-state index contributed by atoms with van der Waals surface area (Å²) in [5, 5.41) is 6.59. The maximum atomic E-state index is 10.7. The molecule has 1 atom stereocenters. The molecule has 1 heterocycles. The minimum atomic E-state index is -0.435. The van der Waals surface area contributed by atoms with Gasteiger partial charge in [0.25, 0.3) is 0 Å². The van der Waals surface area contributed by atoms with Crippen molar-refractivity contribution >= 4 is 11.6 Å². The predicted molar refractivity (Wildman–Crippen MR) is 40.0 cm³/mol. The van der Waals surface area contributed by atoms with E-state index in [4.69, 9.17) is 5.73 Å². The van der Waals surface area contributed by atoms with Gasteiger partial charge in [-0.1, -0.05) is 5.16 Å². The lowest BCUT2D eigenvalue weighted by atomic mass is 10.2. The molecule has 3 N–H and O–H groups in total. The van der Waals surface area contributed by atoms with Gasteiger partial charge in [-0.2, -0.15) is 0 Å². The lowest BCUT2D eigenvalue weighted by Crippen LogP contribution is -2.40. The SMILES string of the molecule is CO/N=C1/CCNC1C(N)=O. The van der Waals surface area contributed by atoms with Crippen LogP contribution in [0.5, 0.6) is 0 Å². The van der Waals surface area contributed by atoms with Gasteiger partial charge in [-0.3, -0.25) is 4.79 Å². The third-order valence-electron chi connectivity index (χ3n) is 1.56. The Labute approximate surface area is 64.6 Å². The van der Waals surface area contributed by atoms with Crippen LogP contribution in [0.1, 0.15) is 6.42 Å². The highest BCUT2D eigenvalue weighted by Crippen LogP contribution is 2.02. The second-order valence-corrected chi connectivity index (χ2v) is 2.30. The van der Waals surface area contributed by atoms with Gasteiger partial charge in [0.1, 0.15) is 13.2 Å². The van der Waals surface area contributed by atoms with Gasteiger partial charge in [0.05, 0.1) is 5.71 Å². The number of hydrogen-bond donors (Lipinski definition) is 2. The smallest absolute Gasteiger partial charge is 0.240 e. The van der Waals surface area contributed by atoms with Crippen molar-refractivity contribution in [2.24, 2.45) is 10.9 Å². The van der Waals surface area contributed by atoms with Crippen molar-refractivity contribution in [3.8, 4) is 0 Å². The molecular weight excluding hydrogens is 146 g/mol. The Hall–Kier alpha value is -1.10. The highest BCUT2D eigenvalue weighted by atomic mass is 16.6. The molecule has 1 rings (SSSR count). The summed E-state index contributed by atoms with van der Waals surface area (Å²) in [5.74, 6) is -0.404. The third-order valence-corrected chi connectivity index (χ3v) is 1.56. The molecule has 1 aliphatic rings. The van der Waals surface area contributed by atoms with Crippen LogP contribution in [0.2, 0.25) is 0 Å². The van der Waals surface area contributed by atoms with E-state index < -0.39 is 11.9 Å². The number of carbonyl (C=O) groups excluding carboxylic acids is 1. The molecule has 0 aliphatic carbocycles. The molecule has 0 bridgehead atoms. The van der Waals surface area contributed by atoms with E-state index >= 15 is 0 Å². The van der Waals surface area contributed by atoms with Gasteiger partial charge >= 0.3 is 0 Å². The van der Waals surface area contributed by atoms with Crippen LogP contribution in [0.4, 0.5) is 0 Å². The fraction of sp³-hybridized carbons (Fsp3) is 0.667. The van der Waals surface area contributed by atoms with Crippen LogP contribution >= 0.6 is 0 Å². The molecule has 0 saturated carbocycles. The maximum Gasteiger partial charge on any atom is 0.240 e. The monoisotopic (exact) mass is 157 g/mol. The van der Waals surface area contributed by atoms with E-state index in [-0.39, 0.29) is 0 Å². The summed E-state index contributed by atoms with van der Waals surface area (Å²) in [4.78, 5) is 15.3. The van der Waals surface area contributed by atoms with E-state index in [0.717, 1.165) is 13.0 Å². The number of primary amides is 1. The number of amides is 1. The van der Waals surface area contributed by atoms with E-state index in [1.165, 1.54) is 7.11 Å². The van der Waals surface area contributed by atoms with Crippen LogP contribution in [-0.2, 0) is 9.63 Å². The van der Waals surface area contributed by atoms with Crippen LogP contribution in [0, 0.1) is 0 Å². The standard InChI is InChI=1S/C6H11N3O2/c1-11-9-4-2-3-8-5(4)6(7)10/h5,8H,2-3H2,1H3,(H2,7,10)/b9-4-. The summed E-state index contributed by atoms with van der Waals surface area (Å²) in [5.41, 5.74) is 5.76. The zero-order valence-electron chi connectivity index (χ0n) is 6.33. The molecule has 1 aliphatic heterocycles. The van der Waals surface area contributed by atoms with Crippen molar-refractivity contribution in [2.45, 2.75) is 12.5 Å². The Morgan fingerprint density at radius 2 is 2.64 bits per heavy atom. The zero-order valence-corrected chi connectivity index (χ0v) is 6.33. The second-order valence-electron chi connectivity index (χ2n) is 2.30. The van der Waals surface area contributed by atoms with E-state index in [9.17, 15) is 4.79 Å². The van der Waals surface area contributed by atoms with E-state index in [1.54, 1.807) is 0 Å². The van der Waals surface area contributed by atoms with E-state index in [0.29, 0.717) is 5.71 Å². The minimum absolute atomic E-state index is 0.404. The zero-order chi connectivity index (χ0) is 8.27. The highest BCUT2D eigenvalue weighted by Gasteiger charge is 2.27. The molecule has 5 heteroatoms. The van der Waals surface area contributed by atoms with Gasteiger partial charge in [-0.05, 0) is 0 Å². The van der Waals surface area contributed by atoms with Crippen molar-refractivity contribution in [2.75, 3.05) is 13.7 Å². The maximum absolute atomic E-state index is 10.7. The van der Waals surface area contributed by atoms with Crippen LogP contribution in [-0.4, -0.2) is 31.3 Å². The fourth-order valence-electron chi connectivity index (χ4n) is 1.09. The number of nitrogens with one attached hydrogen (secondary N) is 1. The molecule has 0 aromatic rings. The van der Waals surface area contributed by atoms with Gasteiger partial charge < -0.3 is 15.9 Å². The average Bonchev–Trinajstić information content (AvgIpc) is 2.36. The molecule has 11 heavy (non-hydrogen) atoms. The molecular formula is C6H11N3O2. The summed E-state index contributed by atoms with van der Waals surface area (Å²) in [7, 11) is 1.45. The summed E-state index contributed by atoms with van der Waals surface area (Å²) < 4.78 is 0. The largest absolute Gasteiger partial charge is 0.399 e. The number of oxime groups is 1. The molecule has 1 amide bonds. The Kier molecular flexibility index (Phi) is 2.43. The van der Waals surface area contributed by atoms with Gasteiger partial charge in [0.15, 0.2) is 0 Å².